The zero-order chi connectivity index (χ0) is 12.5. The standard InChI is InChI=1S/C12H17NO3S/c1-9-2-3-10(7-13)6-12(9)16-11-4-5-17(14,15)8-11/h2-3,6,11H,4-5,7-8,13H2,1H3. The highest BCUT2D eigenvalue weighted by Crippen LogP contribution is 2.24. The van der Waals surface area contributed by atoms with Crippen LogP contribution in [-0.4, -0.2) is 26.0 Å². The summed E-state index contributed by atoms with van der Waals surface area (Å²) < 4.78 is 28.4. The van der Waals surface area contributed by atoms with Crippen molar-refractivity contribution in [3.05, 3.63) is 29.3 Å². The summed E-state index contributed by atoms with van der Waals surface area (Å²) in [6.07, 6.45) is 0.362. The van der Waals surface area contributed by atoms with Crippen LogP contribution < -0.4 is 10.5 Å². The van der Waals surface area contributed by atoms with E-state index >= 15 is 0 Å². The van der Waals surface area contributed by atoms with E-state index in [-0.39, 0.29) is 17.6 Å². The average molecular weight is 255 g/mol. The zero-order valence-corrected chi connectivity index (χ0v) is 10.7. The van der Waals surface area contributed by atoms with Crippen molar-refractivity contribution < 1.29 is 13.2 Å². The Labute approximate surface area is 102 Å². The number of hydrogen-bond acceptors (Lipinski definition) is 4. The van der Waals surface area contributed by atoms with Crippen LogP contribution in [0.25, 0.3) is 0 Å². The zero-order valence-electron chi connectivity index (χ0n) is 9.85. The maximum Gasteiger partial charge on any atom is 0.154 e. The fraction of sp³-hybridized carbons (Fsp3) is 0.500. The quantitative estimate of drug-likeness (QED) is 0.875. The maximum atomic E-state index is 11.3. The Morgan fingerprint density at radius 1 is 1.47 bits per heavy atom. The molecule has 0 radical (unpaired) electrons. The molecule has 1 aromatic carbocycles. The van der Waals surface area contributed by atoms with E-state index in [1.165, 1.54) is 0 Å². The van der Waals surface area contributed by atoms with Crippen LogP contribution in [0.3, 0.4) is 0 Å². The van der Waals surface area contributed by atoms with Gasteiger partial charge in [-0.05, 0) is 30.5 Å². The summed E-state index contributed by atoms with van der Waals surface area (Å²) in [6.45, 7) is 2.40. The summed E-state index contributed by atoms with van der Waals surface area (Å²) in [7, 11) is -2.89. The van der Waals surface area contributed by atoms with E-state index in [1.54, 1.807) is 0 Å². The van der Waals surface area contributed by atoms with Crippen LogP contribution in [0.15, 0.2) is 18.2 Å². The van der Waals surface area contributed by atoms with Crippen molar-refractivity contribution in [2.45, 2.75) is 26.0 Å². The van der Waals surface area contributed by atoms with Crippen LogP contribution in [0.1, 0.15) is 17.5 Å². The fourth-order valence-electron chi connectivity index (χ4n) is 1.93. The van der Waals surface area contributed by atoms with Gasteiger partial charge in [-0.15, -0.1) is 0 Å². The molecular weight excluding hydrogens is 238 g/mol. The lowest BCUT2D eigenvalue weighted by Gasteiger charge is -2.15. The molecule has 0 amide bonds. The molecule has 0 spiro atoms. The molecule has 2 N–H and O–H groups in total. The molecule has 94 valence electrons. The molecule has 1 aliphatic rings. The van der Waals surface area contributed by atoms with Gasteiger partial charge in [0.25, 0.3) is 0 Å². The van der Waals surface area contributed by atoms with Gasteiger partial charge >= 0.3 is 0 Å². The molecule has 1 saturated heterocycles. The van der Waals surface area contributed by atoms with Crippen molar-refractivity contribution in [1.82, 2.24) is 0 Å². The molecule has 2 rings (SSSR count). The second-order valence-electron chi connectivity index (χ2n) is 4.45. The fourth-order valence-corrected chi connectivity index (χ4v) is 3.52. The van der Waals surface area contributed by atoms with Crippen LogP contribution in [0, 0.1) is 6.92 Å². The first-order valence-electron chi connectivity index (χ1n) is 5.67. The topological polar surface area (TPSA) is 69.4 Å². The molecule has 17 heavy (non-hydrogen) atoms. The first-order chi connectivity index (χ1) is 8.00. The predicted molar refractivity (Wildman–Crippen MR) is 66.8 cm³/mol. The highest BCUT2D eigenvalue weighted by atomic mass is 32.2. The Morgan fingerprint density at radius 2 is 2.24 bits per heavy atom. The Kier molecular flexibility index (Phi) is 3.40. The third kappa shape index (κ3) is 2.98. The third-order valence-corrected chi connectivity index (χ3v) is 4.71. The van der Waals surface area contributed by atoms with E-state index in [2.05, 4.69) is 0 Å². The largest absolute Gasteiger partial charge is 0.489 e. The predicted octanol–water partition coefficient (Wildman–Crippen LogP) is 1.02. The summed E-state index contributed by atoms with van der Waals surface area (Å²) in [5.41, 5.74) is 7.57. The number of hydrogen-bond donors (Lipinski definition) is 1. The summed E-state index contributed by atoms with van der Waals surface area (Å²) >= 11 is 0. The number of nitrogens with two attached hydrogens (primary N) is 1. The van der Waals surface area contributed by atoms with Crippen molar-refractivity contribution in [3.63, 3.8) is 0 Å². The summed E-state index contributed by atoms with van der Waals surface area (Å²) in [5.74, 6) is 1.10. The monoisotopic (exact) mass is 255 g/mol. The summed E-state index contributed by atoms with van der Waals surface area (Å²) in [4.78, 5) is 0. The first-order valence-corrected chi connectivity index (χ1v) is 7.49. The minimum Gasteiger partial charge on any atom is -0.489 e. The Hall–Kier alpha value is -1.07. The molecule has 4 nitrogen and oxygen atoms in total. The van der Waals surface area contributed by atoms with Gasteiger partial charge < -0.3 is 10.5 Å². The van der Waals surface area contributed by atoms with Crippen molar-refractivity contribution >= 4 is 9.84 Å². The minimum atomic E-state index is -2.89. The number of rotatable bonds is 3. The number of benzene rings is 1. The highest BCUT2D eigenvalue weighted by Gasteiger charge is 2.29. The van der Waals surface area contributed by atoms with Crippen LogP contribution >= 0.6 is 0 Å². The van der Waals surface area contributed by atoms with Gasteiger partial charge in [-0.1, -0.05) is 12.1 Å². The van der Waals surface area contributed by atoms with Crippen molar-refractivity contribution in [1.29, 1.82) is 0 Å². The van der Waals surface area contributed by atoms with E-state index < -0.39 is 9.84 Å². The minimum absolute atomic E-state index is 0.124. The Balaban J connectivity index is 2.13. The van der Waals surface area contributed by atoms with Crippen LogP contribution in [0.2, 0.25) is 0 Å². The van der Waals surface area contributed by atoms with E-state index in [1.807, 2.05) is 25.1 Å². The van der Waals surface area contributed by atoms with Crippen LogP contribution in [0.4, 0.5) is 0 Å². The second-order valence-corrected chi connectivity index (χ2v) is 6.68. The second kappa shape index (κ2) is 4.66. The Morgan fingerprint density at radius 3 is 2.82 bits per heavy atom. The molecule has 1 aromatic rings. The molecule has 1 atom stereocenters. The van der Waals surface area contributed by atoms with E-state index in [0.29, 0.717) is 13.0 Å². The van der Waals surface area contributed by atoms with Gasteiger partial charge in [-0.2, -0.15) is 0 Å². The third-order valence-electron chi connectivity index (χ3n) is 2.97. The molecule has 5 heteroatoms. The average Bonchev–Trinajstić information content (AvgIpc) is 2.61. The van der Waals surface area contributed by atoms with Crippen LogP contribution in [0.5, 0.6) is 5.75 Å². The maximum absolute atomic E-state index is 11.3. The van der Waals surface area contributed by atoms with E-state index in [0.717, 1.165) is 16.9 Å². The lowest BCUT2D eigenvalue weighted by molar-refractivity contribution is 0.227. The molecule has 0 bridgehead atoms. The number of ether oxygens (including phenoxy) is 1. The molecule has 1 unspecified atom stereocenters. The van der Waals surface area contributed by atoms with Gasteiger partial charge in [0, 0.05) is 6.54 Å². The lowest BCUT2D eigenvalue weighted by Crippen LogP contribution is -2.18. The summed E-state index contributed by atoms with van der Waals surface area (Å²) in [5, 5.41) is 0. The molecule has 1 aliphatic heterocycles. The van der Waals surface area contributed by atoms with Crippen molar-refractivity contribution in [2.75, 3.05) is 11.5 Å². The molecule has 0 aliphatic carbocycles. The smallest absolute Gasteiger partial charge is 0.154 e. The van der Waals surface area contributed by atoms with Gasteiger partial charge in [-0.25, -0.2) is 8.42 Å². The molecule has 1 fully saturated rings. The van der Waals surface area contributed by atoms with Crippen molar-refractivity contribution in [2.24, 2.45) is 5.73 Å². The molecular formula is C12H17NO3S. The Bertz CT molecular complexity index is 510. The summed E-state index contributed by atoms with van der Waals surface area (Å²) in [6, 6.07) is 5.79. The SMILES string of the molecule is Cc1ccc(CN)cc1OC1CCS(=O)(=O)C1. The normalized spacial score (nSPS) is 22.6. The lowest BCUT2D eigenvalue weighted by atomic mass is 10.1. The van der Waals surface area contributed by atoms with Gasteiger partial charge in [-0.3, -0.25) is 0 Å². The molecule has 1 heterocycles. The first kappa shape index (κ1) is 12.4. The number of sulfone groups is 1. The molecule has 0 aromatic heterocycles. The van der Waals surface area contributed by atoms with Gasteiger partial charge in [0.05, 0.1) is 11.5 Å². The van der Waals surface area contributed by atoms with Crippen molar-refractivity contribution in [3.8, 4) is 5.75 Å². The highest BCUT2D eigenvalue weighted by molar-refractivity contribution is 7.91. The molecule has 0 saturated carbocycles. The van der Waals surface area contributed by atoms with E-state index in [9.17, 15) is 8.42 Å². The number of aryl methyl sites for hydroxylation is 1. The van der Waals surface area contributed by atoms with Gasteiger partial charge in [0.1, 0.15) is 11.9 Å². The van der Waals surface area contributed by atoms with Crippen LogP contribution in [-0.2, 0) is 16.4 Å². The van der Waals surface area contributed by atoms with Gasteiger partial charge in [0.15, 0.2) is 9.84 Å². The van der Waals surface area contributed by atoms with Gasteiger partial charge in [0.2, 0.25) is 0 Å². The van der Waals surface area contributed by atoms with E-state index in [4.69, 9.17) is 10.5 Å².